The molecule has 0 radical (unpaired) electrons. The number of aromatic amines is 1. The van der Waals surface area contributed by atoms with Gasteiger partial charge in [0, 0.05) is 5.39 Å². The van der Waals surface area contributed by atoms with Crippen LogP contribution in [-0.2, 0) is 0 Å². The molecule has 0 amide bonds. The van der Waals surface area contributed by atoms with Crippen LogP contribution >= 0.6 is 15.8 Å². The molecule has 0 atom stereocenters. The highest BCUT2D eigenvalue weighted by molar-refractivity contribution is 7.80. The van der Waals surface area contributed by atoms with Crippen LogP contribution in [0.4, 0.5) is 0 Å². The van der Waals surface area contributed by atoms with Crippen molar-refractivity contribution in [3.05, 3.63) is 207 Å². The molecular formula is C47H35N2P2+. The molecule has 1 N–H and O–H groups in total. The Balaban J connectivity index is 1.46. The predicted molar refractivity (Wildman–Crippen MR) is 220 cm³/mol. The van der Waals surface area contributed by atoms with Crippen molar-refractivity contribution in [3.8, 4) is 16.8 Å². The van der Waals surface area contributed by atoms with Gasteiger partial charge in [0.1, 0.15) is 18.1 Å². The third-order valence-electron chi connectivity index (χ3n) is 9.54. The minimum absolute atomic E-state index is 0.906. The maximum Gasteiger partial charge on any atom is 0.246 e. The van der Waals surface area contributed by atoms with Crippen LogP contribution in [0.2, 0.25) is 0 Å². The normalized spacial score (nSPS) is 11.5. The fraction of sp³-hybridized carbons (Fsp3) is 0. The third kappa shape index (κ3) is 5.88. The smallest absolute Gasteiger partial charge is 0.246 e. The van der Waals surface area contributed by atoms with E-state index < -0.39 is 15.8 Å². The Kier molecular flexibility index (Phi) is 8.56. The van der Waals surface area contributed by atoms with Crippen LogP contribution in [0.5, 0.6) is 0 Å². The number of H-pyrrole nitrogens is 1. The summed E-state index contributed by atoms with van der Waals surface area (Å²) in [4.78, 5) is 3.27. The van der Waals surface area contributed by atoms with Gasteiger partial charge in [-0.1, -0.05) is 176 Å². The minimum Gasteiger partial charge on any atom is -0.250 e. The number of nitrogens with zero attached hydrogens (tertiary/aromatic N) is 1. The summed E-state index contributed by atoms with van der Waals surface area (Å²) in [5.41, 5.74) is 3.79. The van der Waals surface area contributed by atoms with Crippen molar-refractivity contribution in [1.29, 1.82) is 0 Å². The minimum atomic E-state index is -0.920. The van der Waals surface area contributed by atoms with E-state index in [1.165, 1.54) is 64.5 Å². The zero-order valence-corrected chi connectivity index (χ0v) is 29.8. The van der Waals surface area contributed by atoms with E-state index >= 15 is 0 Å². The summed E-state index contributed by atoms with van der Waals surface area (Å²) >= 11 is 0. The van der Waals surface area contributed by atoms with Crippen molar-refractivity contribution in [2.45, 2.75) is 0 Å². The lowest BCUT2D eigenvalue weighted by molar-refractivity contribution is -0.376. The second-order valence-electron chi connectivity index (χ2n) is 12.5. The van der Waals surface area contributed by atoms with Crippen LogP contribution in [0.3, 0.4) is 0 Å². The van der Waals surface area contributed by atoms with Gasteiger partial charge in [0.15, 0.2) is 0 Å². The molecule has 51 heavy (non-hydrogen) atoms. The van der Waals surface area contributed by atoms with Crippen LogP contribution in [0.15, 0.2) is 207 Å². The molecule has 0 spiro atoms. The molecule has 0 aliphatic rings. The van der Waals surface area contributed by atoms with Crippen molar-refractivity contribution in [2.75, 3.05) is 0 Å². The van der Waals surface area contributed by atoms with Gasteiger partial charge in [0.05, 0.1) is 0 Å². The first-order chi connectivity index (χ1) is 25.3. The van der Waals surface area contributed by atoms with Crippen LogP contribution in [-0.4, -0.2) is 4.57 Å². The molecule has 9 rings (SSSR count). The van der Waals surface area contributed by atoms with E-state index in [0.717, 1.165) is 5.69 Å². The van der Waals surface area contributed by atoms with E-state index in [0.29, 0.717) is 0 Å². The van der Waals surface area contributed by atoms with Crippen molar-refractivity contribution < 1.29 is 4.98 Å². The van der Waals surface area contributed by atoms with E-state index in [1.54, 1.807) is 0 Å². The van der Waals surface area contributed by atoms with E-state index in [9.17, 15) is 0 Å². The van der Waals surface area contributed by atoms with Crippen LogP contribution in [0, 0.1) is 0 Å². The van der Waals surface area contributed by atoms with E-state index in [2.05, 4.69) is 204 Å². The SMILES string of the molecule is c1ccc(P(c2ccccc2)c2ccc3ccccc3c2-c2c(P(c3ccccc3)c3ccccc3)ccc3c(-n4cc[nH+]c4)cccc23)cc1. The zero-order valence-electron chi connectivity index (χ0n) is 28.0. The quantitative estimate of drug-likeness (QED) is 0.142. The fourth-order valence-corrected chi connectivity index (χ4v) is 12.3. The van der Waals surface area contributed by atoms with E-state index in [4.69, 9.17) is 0 Å². The molecule has 242 valence electrons. The van der Waals surface area contributed by atoms with Crippen LogP contribution in [0.25, 0.3) is 38.4 Å². The van der Waals surface area contributed by atoms with Gasteiger partial charge in [-0.05, 0) is 87.1 Å². The van der Waals surface area contributed by atoms with Gasteiger partial charge in [0.25, 0.3) is 0 Å². The second kappa shape index (κ2) is 13.9. The first-order valence-electron chi connectivity index (χ1n) is 17.3. The number of aromatic nitrogens is 2. The van der Waals surface area contributed by atoms with Gasteiger partial charge in [-0.3, -0.25) is 0 Å². The summed E-state index contributed by atoms with van der Waals surface area (Å²) in [5, 5.41) is 13.1. The van der Waals surface area contributed by atoms with Crippen molar-refractivity contribution in [2.24, 2.45) is 0 Å². The summed E-state index contributed by atoms with van der Waals surface area (Å²) in [6, 6.07) is 69.7. The number of hydrogen-bond donors (Lipinski definition) is 0. The van der Waals surface area contributed by atoms with Gasteiger partial charge >= 0.3 is 0 Å². The molecule has 1 aromatic heterocycles. The third-order valence-corrected chi connectivity index (χ3v) is 14.5. The molecule has 0 aliphatic heterocycles. The summed E-state index contributed by atoms with van der Waals surface area (Å²) in [6.07, 6.45) is 6.10. The van der Waals surface area contributed by atoms with Gasteiger partial charge in [0.2, 0.25) is 6.33 Å². The highest BCUT2D eigenvalue weighted by Crippen LogP contribution is 2.46. The molecule has 0 bridgehead atoms. The zero-order chi connectivity index (χ0) is 34.0. The Labute approximate surface area is 301 Å². The molecule has 8 aromatic carbocycles. The lowest BCUT2D eigenvalue weighted by Gasteiger charge is -2.28. The summed E-state index contributed by atoms with van der Waals surface area (Å²) in [5.74, 6) is 0. The molecule has 2 nitrogen and oxygen atoms in total. The number of rotatable bonds is 8. The van der Waals surface area contributed by atoms with Gasteiger partial charge in [-0.2, -0.15) is 0 Å². The lowest BCUT2D eigenvalue weighted by Crippen LogP contribution is -2.26. The number of benzene rings is 8. The van der Waals surface area contributed by atoms with Gasteiger partial charge in [-0.15, -0.1) is 0 Å². The fourth-order valence-electron chi connectivity index (χ4n) is 7.32. The molecule has 1 heterocycles. The number of imidazole rings is 1. The Morgan fingerprint density at radius 1 is 0.373 bits per heavy atom. The topological polar surface area (TPSA) is 19.1 Å². The maximum absolute atomic E-state index is 3.27. The summed E-state index contributed by atoms with van der Waals surface area (Å²) < 4.78 is 2.19. The summed E-state index contributed by atoms with van der Waals surface area (Å²) in [6.45, 7) is 0. The maximum atomic E-state index is 3.27. The number of nitrogens with one attached hydrogen (secondary N) is 1. The van der Waals surface area contributed by atoms with E-state index in [-0.39, 0.29) is 0 Å². The molecular weight excluding hydrogens is 654 g/mol. The van der Waals surface area contributed by atoms with E-state index in [1.807, 2.05) is 12.5 Å². The second-order valence-corrected chi connectivity index (χ2v) is 16.9. The highest BCUT2D eigenvalue weighted by atomic mass is 31.1. The average molecular weight is 690 g/mol. The number of fused-ring (bicyclic) bond motifs is 2. The van der Waals surface area contributed by atoms with Crippen LogP contribution < -0.4 is 36.8 Å². The highest BCUT2D eigenvalue weighted by Gasteiger charge is 2.28. The van der Waals surface area contributed by atoms with Gasteiger partial charge < -0.3 is 0 Å². The van der Waals surface area contributed by atoms with Gasteiger partial charge in [-0.25, -0.2) is 9.55 Å². The number of hydrogen-bond acceptors (Lipinski definition) is 0. The molecule has 0 fully saturated rings. The Morgan fingerprint density at radius 2 is 0.843 bits per heavy atom. The lowest BCUT2D eigenvalue weighted by atomic mass is 9.93. The predicted octanol–water partition coefficient (Wildman–Crippen LogP) is 8.78. The molecule has 4 heteroatoms. The van der Waals surface area contributed by atoms with Crippen molar-refractivity contribution in [1.82, 2.24) is 4.57 Å². The Bertz CT molecular complexity index is 2490. The first kappa shape index (κ1) is 31.3. The molecule has 0 saturated carbocycles. The largest absolute Gasteiger partial charge is 0.250 e. The Morgan fingerprint density at radius 3 is 1.37 bits per heavy atom. The summed E-state index contributed by atoms with van der Waals surface area (Å²) in [7, 11) is -1.83. The standard InChI is InChI=1S/C47H34N2P2/c1-5-17-36(18-6-1)50(37-19-7-2-8-20-37)44-30-28-35-16-13-14-25-40(35)46(44)47-42-26-15-27-43(49-33-32-48-34-49)41(42)29-31-45(47)51(38-21-9-3-10-22-38)39-23-11-4-12-24-39/h1-34H/p+1. The molecule has 0 saturated heterocycles. The monoisotopic (exact) mass is 689 g/mol. The van der Waals surface area contributed by atoms with Crippen LogP contribution in [0.1, 0.15) is 0 Å². The molecule has 0 aliphatic carbocycles. The first-order valence-corrected chi connectivity index (χ1v) is 20.0. The van der Waals surface area contributed by atoms with Crippen molar-refractivity contribution >= 4 is 69.2 Å². The molecule has 0 unspecified atom stereocenters. The molecule has 9 aromatic rings. The Hall–Kier alpha value is -5.65. The average Bonchev–Trinajstić information content (AvgIpc) is 3.75. The van der Waals surface area contributed by atoms with Crippen molar-refractivity contribution in [3.63, 3.8) is 0 Å².